The maximum atomic E-state index is 11.7. The topological polar surface area (TPSA) is 133 Å². The molecule has 0 fully saturated rings. The fourth-order valence-electron chi connectivity index (χ4n) is 2.24. The zero-order chi connectivity index (χ0) is 16.6. The lowest BCUT2D eigenvalue weighted by atomic mass is 10.2. The number of aromatic amines is 2. The van der Waals surface area contributed by atoms with Crippen LogP contribution in [0.15, 0.2) is 33.9 Å². The van der Waals surface area contributed by atoms with Crippen molar-refractivity contribution in [1.29, 1.82) is 0 Å². The Morgan fingerprint density at radius 3 is 2.78 bits per heavy atom. The molecule has 4 N–H and O–H groups in total. The Hall–Kier alpha value is -3.36. The fourth-order valence-corrected chi connectivity index (χ4v) is 2.24. The van der Waals surface area contributed by atoms with Crippen molar-refractivity contribution in [2.45, 2.75) is 6.54 Å². The second-order valence-corrected chi connectivity index (χ2v) is 4.90. The second kappa shape index (κ2) is 5.44. The number of para-hydroxylation sites is 1. The lowest BCUT2D eigenvalue weighted by Gasteiger charge is -2.07. The number of nitrogens with zero attached hydrogens (tertiary/aromatic N) is 2. The molecule has 0 saturated heterocycles. The van der Waals surface area contributed by atoms with Crippen LogP contribution in [0.5, 0.6) is 0 Å². The van der Waals surface area contributed by atoms with Crippen molar-refractivity contribution in [3.63, 3.8) is 0 Å². The summed E-state index contributed by atoms with van der Waals surface area (Å²) in [6.07, 6.45) is 0. The summed E-state index contributed by atoms with van der Waals surface area (Å²) in [5.74, 6) is -0.636. The molecule has 0 unspecified atom stereocenters. The van der Waals surface area contributed by atoms with Crippen LogP contribution in [-0.2, 0) is 13.6 Å². The number of aromatic nitrogens is 4. The summed E-state index contributed by atoms with van der Waals surface area (Å²) in [7, 11) is 1.50. The van der Waals surface area contributed by atoms with Gasteiger partial charge in [0.15, 0.2) is 5.65 Å². The Kier molecular flexibility index (Phi) is 3.45. The van der Waals surface area contributed by atoms with Gasteiger partial charge in [-0.2, -0.15) is 0 Å². The van der Waals surface area contributed by atoms with E-state index in [9.17, 15) is 14.4 Å². The number of rotatable bonds is 4. The van der Waals surface area contributed by atoms with E-state index in [1.807, 2.05) is 0 Å². The zero-order valence-corrected chi connectivity index (χ0v) is 12.1. The molecule has 2 aromatic heterocycles. The van der Waals surface area contributed by atoms with Crippen LogP contribution < -0.4 is 16.6 Å². The lowest BCUT2D eigenvalue weighted by Crippen LogP contribution is -2.28. The molecule has 9 nitrogen and oxygen atoms in total. The maximum absolute atomic E-state index is 11.7. The zero-order valence-electron chi connectivity index (χ0n) is 12.1. The molecule has 3 rings (SSSR count). The number of H-pyrrole nitrogens is 2. The minimum atomic E-state index is -1.04. The minimum Gasteiger partial charge on any atom is -0.478 e. The van der Waals surface area contributed by atoms with Gasteiger partial charge in [0.25, 0.3) is 5.56 Å². The molecule has 23 heavy (non-hydrogen) atoms. The van der Waals surface area contributed by atoms with Crippen molar-refractivity contribution in [1.82, 2.24) is 19.5 Å². The Labute approximate surface area is 128 Å². The molecule has 0 bridgehead atoms. The molecule has 0 spiro atoms. The highest BCUT2D eigenvalue weighted by molar-refractivity contribution is 5.94. The number of carboxylic acid groups (broad SMARTS) is 1. The largest absolute Gasteiger partial charge is 0.478 e. The number of imidazole rings is 1. The summed E-state index contributed by atoms with van der Waals surface area (Å²) in [4.78, 5) is 43.6. The number of anilines is 1. The van der Waals surface area contributed by atoms with Crippen LogP contribution in [-0.4, -0.2) is 30.6 Å². The van der Waals surface area contributed by atoms with Crippen molar-refractivity contribution in [2.75, 3.05) is 5.32 Å². The van der Waals surface area contributed by atoms with Crippen LogP contribution in [0.4, 0.5) is 5.69 Å². The van der Waals surface area contributed by atoms with Gasteiger partial charge in [-0.15, -0.1) is 0 Å². The molecule has 0 radical (unpaired) electrons. The Bertz CT molecular complexity index is 1010. The quantitative estimate of drug-likeness (QED) is 0.546. The third-order valence-electron chi connectivity index (χ3n) is 3.41. The van der Waals surface area contributed by atoms with Gasteiger partial charge >= 0.3 is 11.7 Å². The van der Waals surface area contributed by atoms with Gasteiger partial charge in [0, 0.05) is 12.7 Å². The summed E-state index contributed by atoms with van der Waals surface area (Å²) >= 11 is 0. The molecular weight excluding hydrogens is 302 g/mol. The first kappa shape index (κ1) is 14.6. The number of nitrogens with one attached hydrogen (secondary N) is 3. The van der Waals surface area contributed by atoms with Crippen molar-refractivity contribution < 1.29 is 9.90 Å². The molecule has 9 heteroatoms. The number of carboxylic acids is 1. The molecule has 1 aromatic carbocycles. The first-order chi connectivity index (χ1) is 11.0. The van der Waals surface area contributed by atoms with Crippen LogP contribution >= 0.6 is 0 Å². The molecule has 0 aliphatic carbocycles. The van der Waals surface area contributed by atoms with E-state index in [0.717, 1.165) is 0 Å². The SMILES string of the molecule is Cn1c(=O)[nH]c(=O)c2[nH]c(CNc3ccccc3C(=O)O)nc21. The number of aromatic carboxylic acids is 1. The van der Waals surface area contributed by atoms with Crippen LogP contribution in [0.25, 0.3) is 11.2 Å². The summed E-state index contributed by atoms with van der Waals surface area (Å²) in [6, 6.07) is 6.46. The van der Waals surface area contributed by atoms with Gasteiger partial charge in [-0.3, -0.25) is 14.3 Å². The molecule has 0 amide bonds. The predicted molar refractivity (Wildman–Crippen MR) is 82.7 cm³/mol. The van der Waals surface area contributed by atoms with Crippen LogP contribution in [0, 0.1) is 0 Å². The van der Waals surface area contributed by atoms with Crippen LogP contribution in [0.3, 0.4) is 0 Å². The number of aryl methyl sites for hydroxylation is 1. The van der Waals surface area contributed by atoms with Gasteiger partial charge in [0.05, 0.1) is 12.1 Å². The van der Waals surface area contributed by atoms with E-state index >= 15 is 0 Å². The lowest BCUT2D eigenvalue weighted by molar-refractivity contribution is 0.0698. The summed E-state index contributed by atoms with van der Waals surface area (Å²) in [6.45, 7) is 0.173. The van der Waals surface area contributed by atoms with E-state index in [0.29, 0.717) is 11.5 Å². The highest BCUT2D eigenvalue weighted by Gasteiger charge is 2.12. The van der Waals surface area contributed by atoms with Gasteiger partial charge in [-0.25, -0.2) is 14.6 Å². The van der Waals surface area contributed by atoms with Crippen LogP contribution in [0.1, 0.15) is 16.2 Å². The monoisotopic (exact) mass is 315 g/mol. The summed E-state index contributed by atoms with van der Waals surface area (Å²) in [5.41, 5.74) is -0.105. The molecular formula is C14H13N5O4. The van der Waals surface area contributed by atoms with E-state index in [-0.39, 0.29) is 23.3 Å². The van der Waals surface area contributed by atoms with Crippen molar-refractivity contribution in [3.05, 3.63) is 56.5 Å². The third-order valence-corrected chi connectivity index (χ3v) is 3.41. The average molecular weight is 315 g/mol. The molecule has 2 heterocycles. The molecule has 3 aromatic rings. The highest BCUT2D eigenvalue weighted by atomic mass is 16.4. The molecule has 118 valence electrons. The van der Waals surface area contributed by atoms with Gasteiger partial charge in [-0.05, 0) is 12.1 Å². The normalized spacial score (nSPS) is 10.8. The average Bonchev–Trinajstić information content (AvgIpc) is 2.96. The Morgan fingerprint density at radius 2 is 2.04 bits per heavy atom. The number of hydrogen-bond acceptors (Lipinski definition) is 5. The minimum absolute atomic E-state index is 0.133. The van der Waals surface area contributed by atoms with Gasteiger partial charge in [0.2, 0.25) is 0 Å². The van der Waals surface area contributed by atoms with E-state index in [1.54, 1.807) is 18.2 Å². The van der Waals surface area contributed by atoms with Gasteiger partial charge in [0.1, 0.15) is 11.3 Å². The van der Waals surface area contributed by atoms with Crippen molar-refractivity contribution in [3.8, 4) is 0 Å². The van der Waals surface area contributed by atoms with Gasteiger partial charge < -0.3 is 15.4 Å². The molecule has 0 atom stereocenters. The van der Waals surface area contributed by atoms with Crippen molar-refractivity contribution >= 4 is 22.8 Å². The second-order valence-electron chi connectivity index (χ2n) is 4.90. The number of benzene rings is 1. The van der Waals surface area contributed by atoms with E-state index in [2.05, 4.69) is 20.3 Å². The Morgan fingerprint density at radius 1 is 1.30 bits per heavy atom. The number of hydrogen-bond donors (Lipinski definition) is 4. The summed E-state index contributed by atoms with van der Waals surface area (Å²) in [5, 5.41) is 12.1. The molecule has 0 saturated carbocycles. The summed E-state index contributed by atoms with van der Waals surface area (Å²) < 4.78 is 1.22. The standard InChI is InChI=1S/C14H13N5O4/c1-19-11-10(12(20)18-14(19)23)16-9(17-11)6-15-8-5-3-2-4-7(8)13(21)22/h2-5,15H,6H2,1H3,(H,16,17)(H,21,22)(H,18,20,23). The predicted octanol–water partition coefficient (Wildman–Crippen LogP) is 0.260. The Balaban J connectivity index is 1.93. The molecule has 0 aliphatic rings. The molecule has 0 aliphatic heterocycles. The first-order valence-corrected chi connectivity index (χ1v) is 6.71. The highest BCUT2D eigenvalue weighted by Crippen LogP contribution is 2.16. The van der Waals surface area contributed by atoms with Gasteiger partial charge in [-0.1, -0.05) is 12.1 Å². The third kappa shape index (κ3) is 2.59. The van der Waals surface area contributed by atoms with E-state index in [1.165, 1.54) is 17.7 Å². The number of fused-ring (bicyclic) bond motifs is 1. The van der Waals surface area contributed by atoms with Crippen molar-refractivity contribution in [2.24, 2.45) is 7.05 Å². The fraction of sp³-hybridized carbons (Fsp3) is 0.143. The van der Waals surface area contributed by atoms with E-state index in [4.69, 9.17) is 5.11 Å². The van der Waals surface area contributed by atoms with Crippen LogP contribution in [0.2, 0.25) is 0 Å². The van der Waals surface area contributed by atoms with E-state index < -0.39 is 17.2 Å². The maximum Gasteiger partial charge on any atom is 0.337 e. The smallest absolute Gasteiger partial charge is 0.337 e. The number of carbonyl (C=O) groups is 1. The first-order valence-electron chi connectivity index (χ1n) is 6.71.